The van der Waals surface area contributed by atoms with Gasteiger partial charge in [0.15, 0.2) is 24.7 Å². The molecule has 9 aliphatic rings. The zero-order valence-corrected chi connectivity index (χ0v) is 35.3. The van der Waals surface area contributed by atoms with Crippen LogP contribution < -0.4 is 0 Å². The Morgan fingerprint density at radius 2 is 1.32 bits per heavy atom. The van der Waals surface area contributed by atoms with Gasteiger partial charge in [0, 0.05) is 17.8 Å². The van der Waals surface area contributed by atoms with E-state index in [4.69, 9.17) is 37.9 Å². The summed E-state index contributed by atoms with van der Waals surface area (Å²) < 4.78 is 49.2. The largest absolute Gasteiger partial charge is 0.394 e. The molecule has 4 aliphatic carbocycles. The highest BCUT2D eigenvalue weighted by Gasteiger charge is 2.76. The number of aliphatic hydroxyl groups is 9. The molecule has 9 fully saturated rings. The van der Waals surface area contributed by atoms with E-state index >= 15 is 0 Å². The zero-order valence-electron chi connectivity index (χ0n) is 35.3. The van der Waals surface area contributed by atoms with Gasteiger partial charge in [0.2, 0.25) is 0 Å². The minimum atomic E-state index is -1.69. The summed E-state index contributed by atoms with van der Waals surface area (Å²) >= 11 is 0. The quantitative estimate of drug-likeness (QED) is 0.149. The van der Waals surface area contributed by atoms with Crippen molar-refractivity contribution in [2.45, 2.75) is 195 Å². The molecular formula is C43H70O17. The van der Waals surface area contributed by atoms with Crippen molar-refractivity contribution in [1.29, 1.82) is 0 Å². The number of rotatable bonds is 7. The van der Waals surface area contributed by atoms with Gasteiger partial charge in [0.1, 0.15) is 66.6 Å². The molecular weight excluding hydrogens is 788 g/mol. The van der Waals surface area contributed by atoms with E-state index in [0.29, 0.717) is 42.6 Å². The van der Waals surface area contributed by atoms with Crippen molar-refractivity contribution < 1.29 is 83.9 Å². The van der Waals surface area contributed by atoms with Crippen LogP contribution in [-0.4, -0.2) is 176 Å². The Labute approximate surface area is 351 Å². The van der Waals surface area contributed by atoms with Crippen molar-refractivity contribution in [2.24, 2.45) is 46.3 Å². The maximum Gasteiger partial charge on any atom is 0.187 e. The van der Waals surface area contributed by atoms with Crippen molar-refractivity contribution >= 4 is 0 Å². The molecule has 0 aromatic carbocycles. The highest BCUT2D eigenvalue weighted by atomic mass is 16.8. The van der Waals surface area contributed by atoms with Crippen molar-refractivity contribution in [1.82, 2.24) is 0 Å². The predicted molar refractivity (Wildman–Crippen MR) is 205 cm³/mol. The molecule has 0 aromatic rings. The lowest BCUT2D eigenvalue weighted by Gasteiger charge is -2.62. The van der Waals surface area contributed by atoms with Crippen LogP contribution >= 0.6 is 0 Å². The zero-order chi connectivity index (χ0) is 42.7. The smallest absolute Gasteiger partial charge is 0.187 e. The summed E-state index contributed by atoms with van der Waals surface area (Å²) in [4.78, 5) is 0. The SMILES string of the molecule is CC1CC[C@@]2(OC1)O[C@H]1C[C@H]3[C@@H]4CC[C@@H]5C[C@@H](O[C@@H]6O[C@H](CO)[C@@H](O[C@@H]7OC[C@@H](O)[C@H](O)[C@H]7O)[C@H](O)[C@H]6O[C@@H]6OC[C@@H](O)[C@H](O)[C@H]6O)CC[C@]5(C)[C@H]4CC[C@]3(C)[C@@]1(O)[C@@H]2C. The van der Waals surface area contributed by atoms with Crippen LogP contribution in [-0.2, 0) is 37.9 Å². The predicted octanol–water partition coefficient (Wildman–Crippen LogP) is -0.340. The van der Waals surface area contributed by atoms with Gasteiger partial charge in [0.25, 0.3) is 0 Å². The Morgan fingerprint density at radius 1 is 0.650 bits per heavy atom. The lowest BCUT2D eigenvalue weighted by atomic mass is 9.44. The van der Waals surface area contributed by atoms with Crippen molar-refractivity contribution in [3.05, 3.63) is 0 Å². The summed E-state index contributed by atoms with van der Waals surface area (Å²) in [5.41, 5.74) is -1.19. The first-order valence-electron chi connectivity index (χ1n) is 22.7. The van der Waals surface area contributed by atoms with Gasteiger partial charge in [-0.2, -0.15) is 0 Å². The van der Waals surface area contributed by atoms with E-state index in [9.17, 15) is 46.0 Å². The number of hydrogen-bond acceptors (Lipinski definition) is 17. The molecule has 0 radical (unpaired) electrons. The van der Waals surface area contributed by atoms with Gasteiger partial charge in [-0.15, -0.1) is 0 Å². The Hall–Kier alpha value is -0.680. The second-order valence-corrected chi connectivity index (χ2v) is 20.7. The Kier molecular flexibility index (Phi) is 12.1. The second kappa shape index (κ2) is 16.3. The van der Waals surface area contributed by atoms with Gasteiger partial charge >= 0.3 is 0 Å². The van der Waals surface area contributed by atoms with Crippen LogP contribution in [0.4, 0.5) is 0 Å². The number of aliphatic hydroxyl groups excluding tert-OH is 8. The fourth-order valence-corrected chi connectivity index (χ4v) is 14.0. The topological polar surface area (TPSA) is 256 Å². The van der Waals surface area contributed by atoms with Crippen LogP contribution in [0.3, 0.4) is 0 Å². The van der Waals surface area contributed by atoms with Crippen LogP contribution in [0.2, 0.25) is 0 Å². The molecule has 17 heteroatoms. The second-order valence-electron chi connectivity index (χ2n) is 20.7. The Bertz CT molecular complexity index is 1520. The maximum atomic E-state index is 12.8. The third-order valence-corrected chi connectivity index (χ3v) is 17.8. The average Bonchev–Trinajstić information content (AvgIpc) is 3.58. The fourth-order valence-electron chi connectivity index (χ4n) is 14.0. The molecule has 0 amide bonds. The van der Waals surface area contributed by atoms with Crippen LogP contribution in [0.15, 0.2) is 0 Å². The minimum Gasteiger partial charge on any atom is -0.394 e. The fraction of sp³-hybridized carbons (Fsp3) is 1.00. The molecule has 60 heavy (non-hydrogen) atoms. The number of hydrogen-bond donors (Lipinski definition) is 9. The van der Waals surface area contributed by atoms with Crippen molar-refractivity contribution in [3.8, 4) is 0 Å². The molecule has 9 N–H and O–H groups in total. The molecule has 0 bridgehead atoms. The van der Waals surface area contributed by atoms with Crippen molar-refractivity contribution in [3.63, 3.8) is 0 Å². The molecule has 5 saturated heterocycles. The molecule has 1 unspecified atom stereocenters. The standard InChI is InChI=1S/C43H70O17/c1-19-7-12-42(55-16-19)20(2)43(52)29(60-42)14-25-23-6-5-21-13-22(8-10-40(21,3)24(23)9-11-41(25,43)4)56-39-36(59-38-33(50)31(48)27(46)18-54-38)34(51)35(28(15-44)57-39)58-37-32(49)30(47)26(45)17-53-37/h19-39,44-52H,5-18H2,1-4H3/t19?,20-,21-,22+,23-,24+,25+,26-,27-,28-,29+,30+,31+,32-,33-,34+,35-,36-,37+,38+,39-,40+,41+,42-,43-/m1/s1. The highest BCUT2D eigenvalue weighted by molar-refractivity contribution is 5.23. The van der Waals surface area contributed by atoms with Gasteiger partial charge in [0.05, 0.1) is 38.6 Å². The molecule has 1 spiro atoms. The summed E-state index contributed by atoms with van der Waals surface area (Å²) in [5.74, 6) is 1.25. The molecule has 5 heterocycles. The third-order valence-electron chi connectivity index (χ3n) is 17.8. The van der Waals surface area contributed by atoms with E-state index in [1.54, 1.807) is 0 Å². The Morgan fingerprint density at radius 3 is 1.95 bits per heavy atom. The van der Waals surface area contributed by atoms with Crippen molar-refractivity contribution in [2.75, 3.05) is 26.4 Å². The third kappa shape index (κ3) is 6.90. The molecule has 5 aliphatic heterocycles. The first-order valence-corrected chi connectivity index (χ1v) is 22.7. The summed E-state index contributed by atoms with van der Waals surface area (Å²) in [6.07, 6.45) is -10.9. The van der Waals surface area contributed by atoms with Gasteiger partial charge < -0.3 is 83.9 Å². The summed E-state index contributed by atoms with van der Waals surface area (Å²) in [5, 5.41) is 97.3. The average molecular weight is 859 g/mol. The molecule has 17 nitrogen and oxygen atoms in total. The maximum absolute atomic E-state index is 12.8. The first-order chi connectivity index (χ1) is 28.5. The molecule has 9 rings (SSSR count). The van der Waals surface area contributed by atoms with Crippen LogP contribution in [0.5, 0.6) is 0 Å². The molecule has 344 valence electrons. The lowest BCUT2D eigenvalue weighted by Crippen LogP contribution is -2.66. The van der Waals surface area contributed by atoms with Gasteiger partial charge in [-0.25, -0.2) is 0 Å². The van der Waals surface area contributed by atoms with Gasteiger partial charge in [-0.05, 0) is 92.8 Å². The number of fused-ring (bicyclic) bond motifs is 7. The normalized spacial score (nSPS) is 59.2. The molecule has 0 aromatic heterocycles. The minimum absolute atomic E-state index is 0.0339. The summed E-state index contributed by atoms with van der Waals surface area (Å²) in [7, 11) is 0. The van der Waals surface area contributed by atoms with E-state index in [1.807, 2.05) is 0 Å². The van der Waals surface area contributed by atoms with E-state index in [2.05, 4.69) is 27.7 Å². The van der Waals surface area contributed by atoms with Crippen LogP contribution in [0.25, 0.3) is 0 Å². The summed E-state index contributed by atoms with van der Waals surface area (Å²) in [6.45, 7) is 8.41. The summed E-state index contributed by atoms with van der Waals surface area (Å²) in [6, 6.07) is 0. The first kappa shape index (κ1) is 44.5. The van der Waals surface area contributed by atoms with Crippen LogP contribution in [0, 0.1) is 46.3 Å². The van der Waals surface area contributed by atoms with E-state index in [-0.39, 0.29) is 42.2 Å². The van der Waals surface area contributed by atoms with E-state index < -0.39 is 97.9 Å². The molecule has 25 atom stereocenters. The monoisotopic (exact) mass is 858 g/mol. The highest BCUT2D eigenvalue weighted by Crippen LogP contribution is 2.72. The lowest BCUT2D eigenvalue weighted by molar-refractivity contribution is -0.382. The van der Waals surface area contributed by atoms with E-state index in [0.717, 1.165) is 57.8 Å². The van der Waals surface area contributed by atoms with Gasteiger partial charge in [-0.3, -0.25) is 0 Å². The molecule has 4 saturated carbocycles. The Balaban J connectivity index is 0.896. The van der Waals surface area contributed by atoms with Gasteiger partial charge in [-0.1, -0.05) is 27.7 Å². The van der Waals surface area contributed by atoms with Crippen LogP contribution in [0.1, 0.15) is 91.9 Å². The van der Waals surface area contributed by atoms with E-state index in [1.165, 1.54) is 0 Å². The number of ether oxygens (including phenoxy) is 8.